The van der Waals surface area contributed by atoms with E-state index in [1.165, 1.54) is 24.0 Å². The highest BCUT2D eigenvalue weighted by molar-refractivity contribution is 5.39. The Morgan fingerprint density at radius 1 is 1.40 bits per heavy atom. The number of hydrogen-bond donors (Lipinski definition) is 1. The fourth-order valence-electron chi connectivity index (χ4n) is 2.89. The second kappa shape index (κ2) is 7.65. The first-order chi connectivity index (χ1) is 9.74. The van der Waals surface area contributed by atoms with Crippen molar-refractivity contribution in [2.24, 2.45) is 0 Å². The summed E-state index contributed by atoms with van der Waals surface area (Å²) >= 11 is 0. The van der Waals surface area contributed by atoms with Gasteiger partial charge in [-0.25, -0.2) is 0 Å². The van der Waals surface area contributed by atoms with Crippen molar-refractivity contribution in [1.29, 1.82) is 0 Å². The summed E-state index contributed by atoms with van der Waals surface area (Å²) < 4.78 is 11.6. The maximum atomic E-state index is 5.80. The molecule has 0 radical (unpaired) electrons. The zero-order chi connectivity index (χ0) is 14.4. The van der Waals surface area contributed by atoms with Gasteiger partial charge in [0, 0.05) is 18.2 Å². The molecule has 1 aliphatic rings. The van der Waals surface area contributed by atoms with Crippen molar-refractivity contribution in [2.75, 3.05) is 19.8 Å². The number of hydrogen-bond acceptors (Lipinski definition) is 3. The van der Waals surface area contributed by atoms with Crippen molar-refractivity contribution >= 4 is 0 Å². The van der Waals surface area contributed by atoms with Gasteiger partial charge in [-0.2, -0.15) is 0 Å². The molecule has 0 aliphatic carbocycles. The van der Waals surface area contributed by atoms with Crippen LogP contribution < -0.4 is 10.1 Å². The highest BCUT2D eigenvalue weighted by Gasteiger charge is 2.23. The van der Waals surface area contributed by atoms with E-state index in [1.54, 1.807) is 0 Å². The quantitative estimate of drug-likeness (QED) is 0.826. The Morgan fingerprint density at radius 2 is 2.25 bits per heavy atom. The van der Waals surface area contributed by atoms with Crippen LogP contribution in [0.3, 0.4) is 0 Å². The molecule has 20 heavy (non-hydrogen) atoms. The summed E-state index contributed by atoms with van der Waals surface area (Å²) in [5, 5.41) is 3.59. The zero-order valence-electron chi connectivity index (χ0n) is 12.9. The van der Waals surface area contributed by atoms with Crippen molar-refractivity contribution in [2.45, 2.75) is 52.2 Å². The standard InChI is InChI=1S/C17H27NO2/c1-4-18-16(12-14-7-6-10-20-14)15-11-13(3)8-9-17(15)19-5-2/h8-9,11,14,16,18H,4-7,10,12H2,1-3H3. The van der Waals surface area contributed by atoms with E-state index in [9.17, 15) is 0 Å². The minimum atomic E-state index is 0.310. The van der Waals surface area contributed by atoms with Gasteiger partial charge < -0.3 is 14.8 Å². The highest BCUT2D eigenvalue weighted by atomic mass is 16.5. The summed E-state index contributed by atoms with van der Waals surface area (Å²) in [7, 11) is 0. The molecule has 0 amide bonds. The first-order valence-corrected chi connectivity index (χ1v) is 7.83. The van der Waals surface area contributed by atoms with Crippen LogP contribution in [0, 0.1) is 6.92 Å². The average molecular weight is 277 g/mol. The van der Waals surface area contributed by atoms with Gasteiger partial charge in [-0.3, -0.25) is 0 Å². The van der Waals surface area contributed by atoms with Crippen LogP contribution in [0.1, 0.15) is 50.3 Å². The molecule has 2 rings (SSSR count). The number of nitrogens with one attached hydrogen (secondary N) is 1. The van der Waals surface area contributed by atoms with Gasteiger partial charge in [-0.1, -0.05) is 24.6 Å². The smallest absolute Gasteiger partial charge is 0.124 e. The minimum Gasteiger partial charge on any atom is -0.494 e. The molecular weight excluding hydrogens is 250 g/mol. The SMILES string of the molecule is CCNC(CC1CCCO1)c1cc(C)ccc1OCC. The molecule has 1 fully saturated rings. The minimum absolute atomic E-state index is 0.310. The summed E-state index contributed by atoms with van der Waals surface area (Å²) in [5.41, 5.74) is 2.54. The number of rotatable bonds is 7. The van der Waals surface area contributed by atoms with E-state index >= 15 is 0 Å². The van der Waals surface area contributed by atoms with Gasteiger partial charge in [0.15, 0.2) is 0 Å². The van der Waals surface area contributed by atoms with Gasteiger partial charge in [0.1, 0.15) is 5.75 Å². The van der Waals surface area contributed by atoms with Gasteiger partial charge in [0.05, 0.1) is 12.7 Å². The Hall–Kier alpha value is -1.06. The van der Waals surface area contributed by atoms with E-state index in [0.717, 1.165) is 25.3 Å². The maximum absolute atomic E-state index is 5.80. The summed E-state index contributed by atoms with van der Waals surface area (Å²) in [6.45, 7) is 8.89. The van der Waals surface area contributed by atoms with Gasteiger partial charge in [0.2, 0.25) is 0 Å². The zero-order valence-corrected chi connectivity index (χ0v) is 12.9. The topological polar surface area (TPSA) is 30.5 Å². The van der Waals surface area contributed by atoms with E-state index in [1.807, 2.05) is 6.92 Å². The van der Waals surface area contributed by atoms with Crippen LogP contribution in [0.2, 0.25) is 0 Å². The summed E-state index contributed by atoms with van der Waals surface area (Å²) in [6.07, 6.45) is 3.78. The number of aryl methyl sites for hydroxylation is 1. The fourth-order valence-corrected chi connectivity index (χ4v) is 2.89. The van der Waals surface area contributed by atoms with Crippen LogP contribution in [0.5, 0.6) is 5.75 Å². The monoisotopic (exact) mass is 277 g/mol. The molecule has 1 saturated heterocycles. The van der Waals surface area contributed by atoms with Crippen molar-refractivity contribution in [3.05, 3.63) is 29.3 Å². The van der Waals surface area contributed by atoms with Crippen LogP contribution in [-0.4, -0.2) is 25.9 Å². The second-order valence-corrected chi connectivity index (χ2v) is 5.46. The molecule has 1 aromatic carbocycles. The van der Waals surface area contributed by atoms with Crippen LogP contribution in [0.25, 0.3) is 0 Å². The molecule has 3 nitrogen and oxygen atoms in total. The third kappa shape index (κ3) is 3.97. The first kappa shape index (κ1) is 15.3. The lowest BCUT2D eigenvalue weighted by Crippen LogP contribution is -2.26. The van der Waals surface area contributed by atoms with E-state index in [-0.39, 0.29) is 0 Å². The Labute approximate surface area is 122 Å². The maximum Gasteiger partial charge on any atom is 0.124 e. The molecule has 3 heteroatoms. The van der Waals surface area contributed by atoms with Crippen LogP contribution in [-0.2, 0) is 4.74 Å². The molecule has 1 heterocycles. The Kier molecular flexibility index (Phi) is 5.86. The molecule has 2 unspecified atom stereocenters. The Balaban J connectivity index is 2.19. The summed E-state index contributed by atoms with van der Waals surface area (Å²) in [6, 6.07) is 6.76. The van der Waals surface area contributed by atoms with E-state index < -0.39 is 0 Å². The predicted octanol–water partition coefficient (Wildman–Crippen LogP) is 3.61. The van der Waals surface area contributed by atoms with Crippen molar-refractivity contribution in [3.8, 4) is 5.75 Å². The van der Waals surface area contributed by atoms with Gasteiger partial charge in [-0.15, -0.1) is 0 Å². The lowest BCUT2D eigenvalue weighted by Gasteiger charge is -2.24. The van der Waals surface area contributed by atoms with Crippen LogP contribution in [0.15, 0.2) is 18.2 Å². The van der Waals surface area contributed by atoms with Crippen molar-refractivity contribution < 1.29 is 9.47 Å². The molecule has 0 spiro atoms. The molecule has 0 bridgehead atoms. The first-order valence-electron chi connectivity index (χ1n) is 7.83. The average Bonchev–Trinajstić information content (AvgIpc) is 2.93. The number of ether oxygens (including phenoxy) is 2. The van der Waals surface area contributed by atoms with Gasteiger partial charge in [-0.05, 0) is 45.7 Å². The number of benzene rings is 1. The Morgan fingerprint density at radius 3 is 2.90 bits per heavy atom. The molecule has 0 aromatic heterocycles. The van der Waals surface area contributed by atoms with E-state index in [2.05, 4.69) is 37.4 Å². The molecular formula is C17H27NO2. The van der Waals surface area contributed by atoms with Crippen LogP contribution >= 0.6 is 0 Å². The van der Waals surface area contributed by atoms with Crippen LogP contribution in [0.4, 0.5) is 0 Å². The fraction of sp³-hybridized carbons (Fsp3) is 0.647. The third-order valence-corrected chi connectivity index (χ3v) is 3.81. The van der Waals surface area contributed by atoms with Crippen molar-refractivity contribution in [1.82, 2.24) is 5.32 Å². The molecule has 1 aliphatic heterocycles. The summed E-state index contributed by atoms with van der Waals surface area (Å²) in [5.74, 6) is 1.00. The molecule has 2 atom stereocenters. The lowest BCUT2D eigenvalue weighted by molar-refractivity contribution is 0.0944. The highest BCUT2D eigenvalue weighted by Crippen LogP contribution is 2.32. The molecule has 0 saturated carbocycles. The lowest BCUT2D eigenvalue weighted by atomic mass is 9.97. The largest absolute Gasteiger partial charge is 0.494 e. The van der Waals surface area contributed by atoms with E-state index in [0.29, 0.717) is 18.8 Å². The van der Waals surface area contributed by atoms with E-state index in [4.69, 9.17) is 9.47 Å². The summed E-state index contributed by atoms with van der Waals surface area (Å²) in [4.78, 5) is 0. The Bertz CT molecular complexity index is 413. The van der Waals surface area contributed by atoms with Gasteiger partial charge in [0.25, 0.3) is 0 Å². The third-order valence-electron chi connectivity index (χ3n) is 3.81. The second-order valence-electron chi connectivity index (χ2n) is 5.46. The van der Waals surface area contributed by atoms with Crippen molar-refractivity contribution in [3.63, 3.8) is 0 Å². The molecule has 1 aromatic rings. The normalized spacial score (nSPS) is 20.1. The molecule has 112 valence electrons. The predicted molar refractivity (Wildman–Crippen MR) is 82.4 cm³/mol. The molecule has 1 N–H and O–H groups in total. The van der Waals surface area contributed by atoms with Gasteiger partial charge >= 0.3 is 0 Å².